The SMILES string of the molecule is CN(/N=C/c1c(O)[nH]c(=S)[nH]c1=O)c1ccccc1. The molecule has 0 amide bonds. The fraction of sp³-hybridized carbons (Fsp3) is 0.0833. The molecule has 0 fully saturated rings. The molecule has 6 nitrogen and oxygen atoms in total. The van der Waals surface area contributed by atoms with Gasteiger partial charge in [0.1, 0.15) is 5.56 Å². The largest absolute Gasteiger partial charge is 0.494 e. The summed E-state index contributed by atoms with van der Waals surface area (Å²) in [5.41, 5.74) is 0.390. The fourth-order valence-corrected chi connectivity index (χ4v) is 1.65. The number of rotatable bonds is 3. The van der Waals surface area contributed by atoms with Crippen molar-refractivity contribution < 1.29 is 5.11 Å². The third-order valence-corrected chi connectivity index (χ3v) is 2.65. The van der Waals surface area contributed by atoms with Crippen LogP contribution in [0, 0.1) is 4.77 Å². The summed E-state index contributed by atoms with van der Waals surface area (Å²) >= 11 is 4.73. The highest BCUT2D eigenvalue weighted by atomic mass is 32.1. The van der Waals surface area contributed by atoms with Crippen LogP contribution < -0.4 is 10.6 Å². The molecule has 0 aliphatic carbocycles. The number of nitrogens with zero attached hydrogens (tertiary/aromatic N) is 2. The van der Waals surface area contributed by atoms with E-state index in [0.29, 0.717) is 0 Å². The molecule has 0 aliphatic heterocycles. The maximum atomic E-state index is 11.6. The van der Waals surface area contributed by atoms with E-state index in [0.717, 1.165) is 5.69 Å². The first-order valence-electron chi connectivity index (χ1n) is 5.46. The molecule has 0 bridgehead atoms. The summed E-state index contributed by atoms with van der Waals surface area (Å²) in [6.45, 7) is 0. The van der Waals surface area contributed by atoms with Crippen molar-refractivity contribution in [3.63, 3.8) is 0 Å². The van der Waals surface area contributed by atoms with Gasteiger partial charge in [-0.3, -0.25) is 14.8 Å². The molecule has 0 unspecified atom stereocenters. The number of anilines is 1. The standard InChI is InChI=1S/C12H12N4O2S/c1-16(8-5-3-2-4-6-8)13-7-9-10(17)14-12(19)15-11(9)18/h2-7H,1H3,(H3,14,15,17,18,19)/b13-7+. The Labute approximate surface area is 114 Å². The predicted molar refractivity (Wildman–Crippen MR) is 76.4 cm³/mol. The molecular weight excluding hydrogens is 264 g/mol. The number of H-pyrrole nitrogens is 2. The molecule has 98 valence electrons. The molecule has 0 saturated heterocycles. The summed E-state index contributed by atoms with van der Waals surface area (Å²) in [6.07, 6.45) is 1.27. The number of para-hydroxylation sites is 1. The Morgan fingerprint density at radius 2 is 2.00 bits per heavy atom. The molecule has 2 rings (SSSR count). The number of nitrogens with one attached hydrogen (secondary N) is 2. The van der Waals surface area contributed by atoms with Gasteiger partial charge in [0.05, 0.1) is 11.9 Å². The lowest BCUT2D eigenvalue weighted by molar-refractivity contribution is 0.449. The van der Waals surface area contributed by atoms with Gasteiger partial charge in [0.15, 0.2) is 4.77 Å². The molecule has 7 heteroatoms. The number of benzene rings is 1. The Hall–Kier alpha value is -2.41. The van der Waals surface area contributed by atoms with Gasteiger partial charge >= 0.3 is 0 Å². The van der Waals surface area contributed by atoms with Crippen molar-refractivity contribution in [1.82, 2.24) is 9.97 Å². The Bertz CT molecular complexity index is 706. The Balaban J connectivity index is 2.29. The van der Waals surface area contributed by atoms with Crippen molar-refractivity contribution in [1.29, 1.82) is 0 Å². The third kappa shape index (κ3) is 3.08. The zero-order chi connectivity index (χ0) is 13.8. The minimum absolute atomic E-state index is 0.0244. The summed E-state index contributed by atoms with van der Waals surface area (Å²) in [7, 11) is 1.74. The number of hydrogen-bond donors (Lipinski definition) is 3. The highest BCUT2D eigenvalue weighted by Gasteiger charge is 2.05. The van der Waals surface area contributed by atoms with Crippen LogP contribution in [0.1, 0.15) is 5.56 Å². The second kappa shape index (κ2) is 5.49. The quantitative estimate of drug-likeness (QED) is 0.452. The average Bonchev–Trinajstić information content (AvgIpc) is 2.38. The number of hydrazone groups is 1. The summed E-state index contributed by atoms with van der Waals surface area (Å²) in [5.74, 6) is -0.307. The summed E-state index contributed by atoms with van der Waals surface area (Å²) in [4.78, 5) is 16.4. The molecule has 1 aromatic carbocycles. The van der Waals surface area contributed by atoms with Crippen molar-refractivity contribution in [3.8, 4) is 5.88 Å². The fourth-order valence-electron chi connectivity index (χ4n) is 1.46. The second-order valence-electron chi connectivity index (χ2n) is 3.77. The van der Waals surface area contributed by atoms with Crippen LogP contribution in [0.25, 0.3) is 0 Å². The number of aromatic amines is 2. The van der Waals surface area contributed by atoms with E-state index in [4.69, 9.17) is 12.2 Å². The predicted octanol–water partition coefficient (Wildman–Crippen LogP) is 1.61. The highest BCUT2D eigenvalue weighted by molar-refractivity contribution is 7.71. The molecule has 1 aromatic heterocycles. The van der Waals surface area contributed by atoms with Crippen molar-refractivity contribution in [2.45, 2.75) is 0 Å². The van der Waals surface area contributed by atoms with Crippen LogP contribution >= 0.6 is 12.2 Å². The molecule has 0 atom stereocenters. The van der Waals surface area contributed by atoms with Gasteiger partial charge in [-0.2, -0.15) is 5.10 Å². The Morgan fingerprint density at radius 1 is 1.32 bits per heavy atom. The molecule has 3 N–H and O–H groups in total. The van der Waals surface area contributed by atoms with E-state index in [-0.39, 0.29) is 16.2 Å². The van der Waals surface area contributed by atoms with Gasteiger partial charge in [-0.25, -0.2) is 0 Å². The van der Waals surface area contributed by atoms with E-state index < -0.39 is 5.56 Å². The van der Waals surface area contributed by atoms with E-state index in [9.17, 15) is 9.90 Å². The first kappa shape index (κ1) is 13.0. The first-order chi connectivity index (χ1) is 9.08. The van der Waals surface area contributed by atoms with Crippen molar-refractivity contribution >= 4 is 24.1 Å². The summed E-state index contributed by atoms with van der Waals surface area (Å²) in [5, 5.41) is 15.3. The molecule has 1 heterocycles. The maximum absolute atomic E-state index is 11.6. The van der Waals surface area contributed by atoms with E-state index in [1.54, 1.807) is 12.1 Å². The van der Waals surface area contributed by atoms with Gasteiger partial charge < -0.3 is 10.1 Å². The van der Waals surface area contributed by atoms with Gasteiger partial charge in [-0.05, 0) is 24.4 Å². The van der Waals surface area contributed by atoms with Gasteiger partial charge in [-0.15, -0.1) is 0 Å². The maximum Gasteiger partial charge on any atom is 0.264 e. The lowest BCUT2D eigenvalue weighted by Gasteiger charge is -2.11. The molecular formula is C12H12N4O2S. The van der Waals surface area contributed by atoms with Gasteiger partial charge in [0.25, 0.3) is 5.56 Å². The number of hydrogen-bond acceptors (Lipinski definition) is 5. The van der Waals surface area contributed by atoms with Crippen molar-refractivity contribution in [3.05, 3.63) is 51.0 Å². The highest BCUT2D eigenvalue weighted by Crippen LogP contribution is 2.11. The Kier molecular flexibility index (Phi) is 3.76. The van der Waals surface area contributed by atoms with Crippen LogP contribution in [0.3, 0.4) is 0 Å². The molecule has 2 aromatic rings. The van der Waals surface area contributed by atoms with Crippen molar-refractivity contribution in [2.24, 2.45) is 5.10 Å². The van der Waals surface area contributed by atoms with Crippen LogP contribution in [-0.4, -0.2) is 28.3 Å². The van der Waals surface area contributed by atoms with Crippen LogP contribution in [0.4, 0.5) is 5.69 Å². The smallest absolute Gasteiger partial charge is 0.264 e. The lowest BCUT2D eigenvalue weighted by Crippen LogP contribution is -2.16. The van der Waals surface area contributed by atoms with E-state index >= 15 is 0 Å². The number of aromatic nitrogens is 2. The Morgan fingerprint density at radius 3 is 2.63 bits per heavy atom. The van der Waals surface area contributed by atoms with Crippen LogP contribution in [0.15, 0.2) is 40.2 Å². The molecule has 0 spiro atoms. The van der Waals surface area contributed by atoms with Crippen molar-refractivity contribution in [2.75, 3.05) is 12.1 Å². The van der Waals surface area contributed by atoms with Gasteiger partial charge in [0, 0.05) is 7.05 Å². The van der Waals surface area contributed by atoms with E-state index in [2.05, 4.69) is 15.1 Å². The molecule has 19 heavy (non-hydrogen) atoms. The monoisotopic (exact) mass is 276 g/mol. The lowest BCUT2D eigenvalue weighted by atomic mass is 10.3. The molecule has 0 aliphatic rings. The topological polar surface area (TPSA) is 84.5 Å². The zero-order valence-corrected chi connectivity index (χ0v) is 10.9. The second-order valence-corrected chi connectivity index (χ2v) is 4.18. The minimum atomic E-state index is -0.494. The van der Waals surface area contributed by atoms with Crippen LogP contribution in [0.2, 0.25) is 0 Å². The first-order valence-corrected chi connectivity index (χ1v) is 5.87. The molecule has 0 saturated carbocycles. The van der Waals surface area contributed by atoms with Gasteiger partial charge in [0.2, 0.25) is 5.88 Å². The average molecular weight is 276 g/mol. The minimum Gasteiger partial charge on any atom is -0.494 e. The summed E-state index contributed by atoms with van der Waals surface area (Å²) in [6, 6.07) is 9.41. The van der Waals surface area contributed by atoms with Gasteiger partial charge in [-0.1, -0.05) is 18.2 Å². The normalized spacial score (nSPS) is 10.8. The molecule has 0 radical (unpaired) electrons. The zero-order valence-electron chi connectivity index (χ0n) is 10.1. The summed E-state index contributed by atoms with van der Waals surface area (Å²) < 4.78 is 0.0658. The van der Waals surface area contributed by atoms with E-state index in [1.807, 2.05) is 30.3 Å². The third-order valence-electron chi connectivity index (χ3n) is 2.45. The van der Waals surface area contributed by atoms with E-state index in [1.165, 1.54) is 6.21 Å². The van der Waals surface area contributed by atoms with Crippen LogP contribution in [0.5, 0.6) is 5.88 Å². The number of aromatic hydroxyl groups is 1. The van der Waals surface area contributed by atoms with Crippen LogP contribution in [-0.2, 0) is 0 Å².